The second-order valence-corrected chi connectivity index (χ2v) is 5.74. The summed E-state index contributed by atoms with van der Waals surface area (Å²) in [5.74, 6) is 0. The molecule has 0 saturated carbocycles. The van der Waals surface area contributed by atoms with Gasteiger partial charge in [0.1, 0.15) is 11.4 Å². The summed E-state index contributed by atoms with van der Waals surface area (Å²) < 4.78 is 1.81. The molecule has 2 N–H and O–H groups in total. The van der Waals surface area contributed by atoms with Crippen LogP contribution in [0.25, 0.3) is 0 Å². The second kappa shape index (κ2) is 6.67. The van der Waals surface area contributed by atoms with Crippen molar-refractivity contribution in [1.29, 1.82) is 0 Å². The quantitative estimate of drug-likeness (QED) is 0.461. The van der Waals surface area contributed by atoms with Gasteiger partial charge in [-0.1, -0.05) is 66.4 Å². The molecule has 0 amide bonds. The van der Waals surface area contributed by atoms with Gasteiger partial charge in [0.05, 0.1) is 0 Å². The highest BCUT2D eigenvalue weighted by Crippen LogP contribution is 2.16. The number of rotatable bonds is 3. The van der Waals surface area contributed by atoms with Crippen LogP contribution in [0.3, 0.4) is 0 Å². The predicted molar refractivity (Wildman–Crippen MR) is 84.9 cm³/mol. The van der Waals surface area contributed by atoms with Gasteiger partial charge in [-0.2, -0.15) is 0 Å². The van der Waals surface area contributed by atoms with E-state index >= 15 is 0 Å². The molecule has 20 heavy (non-hydrogen) atoms. The predicted octanol–water partition coefficient (Wildman–Crippen LogP) is 4.27. The van der Waals surface area contributed by atoms with Crippen molar-refractivity contribution in [2.75, 3.05) is 0 Å². The smallest absolute Gasteiger partial charge is 0.139 e. The highest BCUT2D eigenvalue weighted by molar-refractivity contribution is 9.10. The van der Waals surface area contributed by atoms with Crippen molar-refractivity contribution in [2.45, 2.75) is 0 Å². The summed E-state index contributed by atoms with van der Waals surface area (Å²) in [5.41, 5.74) is 1.68. The molecule has 0 aliphatic heterocycles. The highest BCUT2D eigenvalue weighted by Gasteiger charge is 2.15. The number of nitrogens with zero attached hydrogens (tertiary/aromatic N) is 2. The molecule has 0 heterocycles. The number of hydrogen-bond donors (Lipinski definition) is 2. The lowest BCUT2D eigenvalue weighted by Gasteiger charge is -2.07. The molecular weight excluding hydrogens is 388 g/mol. The van der Waals surface area contributed by atoms with Crippen LogP contribution in [-0.2, 0) is 0 Å². The lowest BCUT2D eigenvalue weighted by Crippen LogP contribution is -2.17. The normalized spacial score (nSPS) is 12.5. The molecular formula is C14H10Br2N2O2. The van der Waals surface area contributed by atoms with Gasteiger partial charge in [-0.15, -0.1) is 0 Å². The van der Waals surface area contributed by atoms with Gasteiger partial charge in [0.2, 0.25) is 0 Å². The van der Waals surface area contributed by atoms with Gasteiger partial charge in [0.25, 0.3) is 0 Å². The first-order chi connectivity index (χ1) is 9.65. The van der Waals surface area contributed by atoms with Gasteiger partial charge in [-0.05, 0) is 24.3 Å². The third-order valence-corrected chi connectivity index (χ3v) is 3.72. The third-order valence-electron chi connectivity index (χ3n) is 2.66. The Morgan fingerprint density at radius 1 is 0.650 bits per heavy atom. The lowest BCUT2D eigenvalue weighted by molar-refractivity contribution is 0.314. The average molecular weight is 398 g/mol. The van der Waals surface area contributed by atoms with Crippen LogP contribution in [0, 0.1) is 0 Å². The molecule has 0 saturated heterocycles. The number of halogens is 2. The van der Waals surface area contributed by atoms with Crippen molar-refractivity contribution in [3.63, 3.8) is 0 Å². The van der Waals surface area contributed by atoms with Crippen LogP contribution in [0.2, 0.25) is 0 Å². The summed E-state index contributed by atoms with van der Waals surface area (Å²) in [7, 11) is 0. The van der Waals surface area contributed by atoms with Crippen molar-refractivity contribution < 1.29 is 10.4 Å². The van der Waals surface area contributed by atoms with E-state index in [0.29, 0.717) is 11.1 Å². The Labute approximate surface area is 132 Å². The molecule has 0 aromatic heterocycles. The fourth-order valence-corrected chi connectivity index (χ4v) is 2.23. The van der Waals surface area contributed by atoms with E-state index in [4.69, 9.17) is 0 Å². The molecule has 6 heteroatoms. The van der Waals surface area contributed by atoms with E-state index in [1.165, 1.54) is 0 Å². The largest absolute Gasteiger partial charge is 0.410 e. The molecule has 102 valence electrons. The van der Waals surface area contributed by atoms with Crippen molar-refractivity contribution in [3.8, 4) is 0 Å². The maximum absolute atomic E-state index is 9.24. The zero-order chi connectivity index (χ0) is 14.5. The first kappa shape index (κ1) is 14.7. The van der Waals surface area contributed by atoms with Crippen molar-refractivity contribution >= 4 is 43.3 Å². The molecule has 0 bridgehead atoms. The second-order valence-electron chi connectivity index (χ2n) is 3.91. The van der Waals surface area contributed by atoms with Crippen LogP contribution in [0.5, 0.6) is 0 Å². The van der Waals surface area contributed by atoms with Crippen LogP contribution in [0.1, 0.15) is 11.1 Å². The molecule has 0 spiro atoms. The molecule has 4 nitrogen and oxygen atoms in total. The van der Waals surface area contributed by atoms with Gasteiger partial charge >= 0.3 is 0 Å². The van der Waals surface area contributed by atoms with E-state index < -0.39 is 0 Å². The van der Waals surface area contributed by atoms with Gasteiger partial charge in [-0.25, -0.2) is 0 Å². The van der Waals surface area contributed by atoms with E-state index in [1.54, 1.807) is 24.3 Å². The monoisotopic (exact) mass is 396 g/mol. The lowest BCUT2D eigenvalue weighted by atomic mass is 10.00. The summed E-state index contributed by atoms with van der Waals surface area (Å²) in [6.45, 7) is 0. The Hall–Kier alpha value is -1.66. The Kier molecular flexibility index (Phi) is 4.92. The summed E-state index contributed by atoms with van der Waals surface area (Å²) in [4.78, 5) is 0. The first-order valence-electron chi connectivity index (χ1n) is 5.62. The molecule has 0 fully saturated rings. The summed E-state index contributed by atoms with van der Waals surface area (Å²) in [6, 6.07) is 14.3. The Balaban J connectivity index is 2.44. The molecule has 2 aromatic carbocycles. The summed E-state index contributed by atoms with van der Waals surface area (Å²) in [5, 5.41) is 25.0. The Morgan fingerprint density at radius 2 is 0.950 bits per heavy atom. The zero-order valence-corrected chi connectivity index (χ0v) is 13.3. The van der Waals surface area contributed by atoms with Crippen LogP contribution in [-0.4, -0.2) is 21.8 Å². The summed E-state index contributed by atoms with van der Waals surface area (Å²) >= 11 is 6.67. The maximum Gasteiger partial charge on any atom is 0.139 e. The first-order valence-corrected chi connectivity index (χ1v) is 7.20. The van der Waals surface area contributed by atoms with Gasteiger partial charge in [-0.3, -0.25) is 0 Å². The third kappa shape index (κ3) is 3.26. The van der Waals surface area contributed by atoms with Crippen molar-refractivity contribution in [3.05, 3.63) is 68.6 Å². The zero-order valence-electron chi connectivity index (χ0n) is 10.2. The number of hydrogen-bond acceptors (Lipinski definition) is 4. The van der Waals surface area contributed by atoms with Crippen molar-refractivity contribution in [2.24, 2.45) is 10.3 Å². The molecule has 0 unspecified atom stereocenters. The van der Waals surface area contributed by atoms with Crippen LogP contribution >= 0.6 is 31.9 Å². The fourth-order valence-electron chi connectivity index (χ4n) is 1.70. The van der Waals surface area contributed by atoms with Crippen LogP contribution in [0.15, 0.2) is 67.8 Å². The minimum atomic E-state index is 0.197. The molecule has 2 rings (SSSR count). The van der Waals surface area contributed by atoms with Gasteiger partial charge in [0.15, 0.2) is 0 Å². The number of oxime groups is 2. The van der Waals surface area contributed by atoms with Crippen LogP contribution in [0.4, 0.5) is 0 Å². The summed E-state index contributed by atoms with van der Waals surface area (Å²) in [6.07, 6.45) is 0. The molecule has 0 radical (unpaired) electrons. The standard InChI is InChI=1S/C14H10Br2N2O2/c15-11-5-1-9(2-6-11)13(17-19)14(18-20)10-3-7-12(16)8-4-10/h1-8,19-20H. The van der Waals surface area contributed by atoms with E-state index in [-0.39, 0.29) is 11.4 Å². The SMILES string of the molecule is ON=C(C(=NO)c1ccc(Br)cc1)c1ccc(Br)cc1. The van der Waals surface area contributed by atoms with Crippen LogP contribution < -0.4 is 0 Å². The minimum absolute atomic E-state index is 0.197. The fraction of sp³-hybridized carbons (Fsp3) is 0. The van der Waals surface area contributed by atoms with E-state index in [1.807, 2.05) is 24.3 Å². The Morgan fingerprint density at radius 3 is 1.20 bits per heavy atom. The maximum atomic E-state index is 9.24. The molecule has 0 aliphatic carbocycles. The number of benzene rings is 2. The molecule has 0 aliphatic rings. The van der Waals surface area contributed by atoms with Gasteiger partial charge < -0.3 is 10.4 Å². The molecule has 0 atom stereocenters. The molecule has 2 aromatic rings. The van der Waals surface area contributed by atoms with E-state index in [2.05, 4.69) is 42.2 Å². The van der Waals surface area contributed by atoms with E-state index in [0.717, 1.165) is 8.95 Å². The highest BCUT2D eigenvalue weighted by atomic mass is 79.9. The topological polar surface area (TPSA) is 65.2 Å². The van der Waals surface area contributed by atoms with Gasteiger partial charge in [0, 0.05) is 20.1 Å². The van der Waals surface area contributed by atoms with Crippen molar-refractivity contribution in [1.82, 2.24) is 0 Å². The minimum Gasteiger partial charge on any atom is -0.410 e. The Bertz CT molecular complexity index is 590. The average Bonchev–Trinajstić information content (AvgIpc) is 2.47. The van der Waals surface area contributed by atoms with E-state index in [9.17, 15) is 10.4 Å².